The number of carboxylic acids is 1. The SMILES string of the molecule is O=C(O)COCC(=O)NCCOCCOCCCl. The molecule has 0 saturated heterocycles. The molecule has 0 saturated carbocycles. The van der Waals surface area contributed by atoms with Crippen LogP contribution >= 0.6 is 11.6 Å². The number of carboxylic acid groups (broad SMARTS) is 1. The van der Waals surface area contributed by atoms with E-state index >= 15 is 0 Å². The largest absolute Gasteiger partial charge is 0.480 e. The normalized spacial score (nSPS) is 10.3. The number of hydrogen-bond donors (Lipinski definition) is 2. The fraction of sp³-hybridized carbons (Fsp3) is 0.800. The lowest BCUT2D eigenvalue weighted by Crippen LogP contribution is -2.31. The van der Waals surface area contributed by atoms with Crippen molar-refractivity contribution in [3.63, 3.8) is 0 Å². The van der Waals surface area contributed by atoms with Crippen molar-refractivity contribution in [1.29, 1.82) is 0 Å². The van der Waals surface area contributed by atoms with Gasteiger partial charge in [0.1, 0.15) is 13.2 Å². The van der Waals surface area contributed by atoms with Crippen molar-refractivity contribution in [1.82, 2.24) is 5.32 Å². The topological polar surface area (TPSA) is 94.1 Å². The van der Waals surface area contributed by atoms with E-state index in [1.807, 2.05) is 0 Å². The number of hydrogen-bond acceptors (Lipinski definition) is 5. The van der Waals surface area contributed by atoms with Crippen LogP contribution in [0.25, 0.3) is 0 Å². The highest BCUT2D eigenvalue weighted by Gasteiger charge is 2.02. The van der Waals surface area contributed by atoms with Crippen molar-refractivity contribution in [2.75, 3.05) is 52.1 Å². The molecule has 0 aliphatic carbocycles. The summed E-state index contributed by atoms with van der Waals surface area (Å²) in [4.78, 5) is 21.2. The van der Waals surface area contributed by atoms with Crippen LogP contribution in [-0.2, 0) is 23.8 Å². The van der Waals surface area contributed by atoms with E-state index in [2.05, 4.69) is 10.1 Å². The lowest BCUT2D eigenvalue weighted by Gasteiger charge is -2.06. The van der Waals surface area contributed by atoms with Crippen LogP contribution in [0.2, 0.25) is 0 Å². The van der Waals surface area contributed by atoms with Crippen LogP contribution in [0.4, 0.5) is 0 Å². The summed E-state index contributed by atoms with van der Waals surface area (Å²) in [6, 6.07) is 0. The molecule has 0 aromatic rings. The predicted molar refractivity (Wildman–Crippen MR) is 63.8 cm³/mol. The van der Waals surface area contributed by atoms with E-state index in [9.17, 15) is 9.59 Å². The first-order chi connectivity index (χ1) is 8.66. The molecule has 0 rings (SSSR count). The minimum absolute atomic E-state index is 0.273. The number of alkyl halides is 1. The molecule has 0 radical (unpaired) electrons. The zero-order valence-corrected chi connectivity index (χ0v) is 10.8. The van der Waals surface area contributed by atoms with Crippen molar-refractivity contribution >= 4 is 23.5 Å². The van der Waals surface area contributed by atoms with E-state index in [4.69, 9.17) is 26.2 Å². The smallest absolute Gasteiger partial charge is 0.329 e. The number of amides is 1. The molecule has 0 aliphatic rings. The molecule has 0 aromatic carbocycles. The third kappa shape index (κ3) is 13.2. The number of carbonyl (C=O) groups excluding carboxylic acids is 1. The van der Waals surface area contributed by atoms with Gasteiger partial charge in [0.15, 0.2) is 0 Å². The van der Waals surface area contributed by atoms with Crippen LogP contribution in [-0.4, -0.2) is 69.0 Å². The summed E-state index contributed by atoms with van der Waals surface area (Å²) in [5.41, 5.74) is 0. The van der Waals surface area contributed by atoms with E-state index in [0.29, 0.717) is 38.9 Å². The quantitative estimate of drug-likeness (QED) is 0.370. The van der Waals surface area contributed by atoms with Gasteiger partial charge in [0.05, 0.1) is 26.4 Å². The van der Waals surface area contributed by atoms with E-state index in [1.54, 1.807) is 0 Å². The third-order valence-electron chi connectivity index (χ3n) is 1.62. The molecular formula is C10H18ClNO6. The molecular weight excluding hydrogens is 266 g/mol. The molecule has 18 heavy (non-hydrogen) atoms. The van der Waals surface area contributed by atoms with Crippen LogP contribution in [0.3, 0.4) is 0 Å². The summed E-state index contributed by atoms with van der Waals surface area (Å²) >= 11 is 5.40. The number of halogens is 1. The molecule has 8 heteroatoms. The Kier molecular flexibility index (Phi) is 11.9. The maximum Gasteiger partial charge on any atom is 0.329 e. The molecule has 0 heterocycles. The van der Waals surface area contributed by atoms with Crippen molar-refractivity contribution in [3.8, 4) is 0 Å². The molecule has 0 bridgehead atoms. The highest BCUT2D eigenvalue weighted by atomic mass is 35.5. The van der Waals surface area contributed by atoms with Gasteiger partial charge in [-0.2, -0.15) is 0 Å². The van der Waals surface area contributed by atoms with E-state index in [0.717, 1.165) is 0 Å². The van der Waals surface area contributed by atoms with Crippen LogP contribution < -0.4 is 5.32 Å². The van der Waals surface area contributed by atoms with Crippen LogP contribution in [0.15, 0.2) is 0 Å². The van der Waals surface area contributed by atoms with Crippen molar-refractivity contribution in [2.45, 2.75) is 0 Å². The highest BCUT2D eigenvalue weighted by Crippen LogP contribution is 1.81. The minimum Gasteiger partial charge on any atom is -0.480 e. The molecule has 0 unspecified atom stereocenters. The fourth-order valence-corrected chi connectivity index (χ4v) is 1.03. The number of nitrogens with one attached hydrogen (secondary N) is 1. The summed E-state index contributed by atoms with van der Waals surface area (Å²) in [5, 5.41) is 10.8. The van der Waals surface area contributed by atoms with E-state index < -0.39 is 12.6 Å². The van der Waals surface area contributed by atoms with E-state index in [-0.39, 0.29) is 12.5 Å². The predicted octanol–water partition coefficient (Wildman–Crippen LogP) is -0.524. The number of carbonyl (C=O) groups is 2. The number of ether oxygens (including phenoxy) is 3. The average Bonchev–Trinajstić information content (AvgIpc) is 2.32. The Morgan fingerprint density at radius 3 is 2.28 bits per heavy atom. The first-order valence-electron chi connectivity index (χ1n) is 5.44. The van der Waals surface area contributed by atoms with E-state index in [1.165, 1.54) is 0 Å². The first kappa shape index (κ1) is 17.1. The number of aliphatic carboxylic acids is 1. The van der Waals surface area contributed by atoms with Gasteiger partial charge in [0, 0.05) is 12.4 Å². The van der Waals surface area contributed by atoms with Gasteiger partial charge >= 0.3 is 5.97 Å². The van der Waals surface area contributed by atoms with Gasteiger partial charge in [-0.15, -0.1) is 11.6 Å². The van der Waals surface area contributed by atoms with Gasteiger partial charge < -0.3 is 24.6 Å². The van der Waals surface area contributed by atoms with Gasteiger partial charge in [-0.1, -0.05) is 0 Å². The Morgan fingerprint density at radius 1 is 1.00 bits per heavy atom. The van der Waals surface area contributed by atoms with Crippen molar-refractivity contribution in [2.24, 2.45) is 0 Å². The maximum atomic E-state index is 11.1. The van der Waals surface area contributed by atoms with Crippen molar-refractivity contribution < 1.29 is 28.9 Å². The zero-order chi connectivity index (χ0) is 13.6. The lowest BCUT2D eigenvalue weighted by molar-refractivity contribution is -0.143. The second-order valence-electron chi connectivity index (χ2n) is 3.15. The molecule has 106 valence electrons. The summed E-state index contributed by atoms with van der Waals surface area (Å²) in [6.07, 6.45) is 0. The third-order valence-corrected chi connectivity index (χ3v) is 1.78. The fourth-order valence-electron chi connectivity index (χ4n) is 0.921. The van der Waals surface area contributed by atoms with Gasteiger partial charge in [-0.05, 0) is 0 Å². The Hall–Kier alpha value is -0.890. The molecule has 1 amide bonds. The maximum absolute atomic E-state index is 11.1. The summed E-state index contributed by atoms with van der Waals surface area (Å²) in [5.74, 6) is -1.03. The second-order valence-corrected chi connectivity index (χ2v) is 3.53. The molecule has 0 fully saturated rings. The Morgan fingerprint density at radius 2 is 1.67 bits per heavy atom. The van der Waals surface area contributed by atoms with Gasteiger partial charge in [0.25, 0.3) is 0 Å². The summed E-state index contributed by atoms with van der Waals surface area (Å²) in [6.45, 7) is 1.32. The molecule has 7 nitrogen and oxygen atoms in total. The molecule has 2 N–H and O–H groups in total. The average molecular weight is 284 g/mol. The van der Waals surface area contributed by atoms with Gasteiger partial charge in [-0.3, -0.25) is 4.79 Å². The highest BCUT2D eigenvalue weighted by molar-refractivity contribution is 6.17. The molecule has 0 atom stereocenters. The van der Waals surface area contributed by atoms with Gasteiger partial charge in [0.2, 0.25) is 5.91 Å². The van der Waals surface area contributed by atoms with Crippen LogP contribution in [0.5, 0.6) is 0 Å². The minimum atomic E-state index is -1.11. The first-order valence-corrected chi connectivity index (χ1v) is 5.98. The Labute approximate surface area is 110 Å². The number of rotatable bonds is 12. The van der Waals surface area contributed by atoms with Crippen LogP contribution in [0, 0.1) is 0 Å². The summed E-state index contributed by atoms with van der Waals surface area (Å²) in [7, 11) is 0. The summed E-state index contributed by atoms with van der Waals surface area (Å²) < 4.78 is 14.8. The molecule has 0 spiro atoms. The van der Waals surface area contributed by atoms with Crippen LogP contribution in [0.1, 0.15) is 0 Å². The second kappa shape index (κ2) is 12.6. The molecule has 0 aromatic heterocycles. The lowest BCUT2D eigenvalue weighted by atomic mass is 10.6. The monoisotopic (exact) mass is 283 g/mol. The Bertz CT molecular complexity index is 238. The Balaban J connectivity index is 3.17. The van der Waals surface area contributed by atoms with Gasteiger partial charge in [-0.25, -0.2) is 4.79 Å². The molecule has 0 aliphatic heterocycles. The zero-order valence-electron chi connectivity index (χ0n) is 10.0. The standard InChI is InChI=1S/C10H18ClNO6/c11-1-3-16-5-6-17-4-2-12-9(13)7-18-8-10(14)15/h1-8H2,(H,12,13)(H,14,15). The van der Waals surface area contributed by atoms with Crippen molar-refractivity contribution in [3.05, 3.63) is 0 Å².